The smallest absolute Gasteiger partial charge is 0.303 e. The van der Waals surface area contributed by atoms with Crippen LogP contribution in [0.1, 0.15) is 30.9 Å². The molecule has 1 N–H and O–H groups in total. The lowest BCUT2D eigenvalue weighted by Crippen LogP contribution is -2.31. The quantitative estimate of drug-likeness (QED) is 0.666. The predicted octanol–water partition coefficient (Wildman–Crippen LogP) is 2.69. The molecule has 1 aliphatic heterocycles. The molecule has 4 heteroatoms. The standard InChI is InChI=1S/C15H18N2O2/c1-3-4-9-17-14(18)13(16-15(17)19)10-12-7-5-11(2)6-8-12/h5-8,10H,3-4,9H2,1-2H3,(H,16,19). The van der Waals surface area contributed by atoms with Crippen LogP contribution < -0.4 is 5.32 Å². The molecule has 4 nitrogen and oxygen atoms in total. The molecule has 0 spiro atoms. The highest BCUT2D eigenvalue weighted by Crippen LogP contribution is 2.15. The topological polar surface area (TPSA) is 49.4 Å². The number of nitrogens with one attached hydrogen (secondary N) is 1. The number of benzene rings is 1. The van der Waals surface area contributed by atoms with Crippen molar-refractivity contribution in [3.8, 4) is 0 Å². The molecule has 1 aromatic rings. The van der Waals surface area contributed by atoms with Gasteiger partial charge in [0, 0.05) is 6.54 Å². The van der Waals surface area contributed by atoms with Gasteiger partial charge in [-0.05, 0) is 25.0 Å². The number of imide groups is 1. The van der Waals surface area contributed by atoms with Crippen molar-refractivity contribution in [3.63, 3.8) is 0 Å². The number of carbonyl (C=O) groups is 2. The van der Waals surface area contributed by atoms with Crippen molar-refractivity contribution in [1.82, 2.24) is 10.2 Å². The molecule has 0 saturated carbocycles. The number of nitrogens with zero attached hydrogens (tertiary/aromatic N) is 1. The number of rotatable bonds is 4. The highest BCUT2D eigenvalue weighted by Gasteiger charge is 2.32. The van der Waals surface area contributed by atoms with E-state index in [0.29, 0.717) is 12.2 Å². The summed E-state index contributed by atoms with van der Waals surface area (Å²) in [6.07, 6.45) is 3.50. The number of hydrogen-bond donors (Lipinski definition) is 1. The summed E-state index contributed by atoms with van der Waals surface area (Å²) in [6.45, 7) is 4.51. The van der Waals surface area contributed by atoms with Gasteiger partial charge in [0.1, 0.15) is 5.70 Å². The van der Waals surface area contributed by atoms with Gasteiger partial charge in [-0.1, -0.05) is 43.2 Å². The van der Waals surface area contributed by atoms with Gasteiger partial charge in [0.05, 0.1) is 0 Å². The van der Waals surface area contributed by atoms with Crippen LogP contribution in [0.15, 0.2) is 30.0 Å². The number of unbranched alkanes of at least 4 members (excludes halogenated alkanes) is 1. The van der Waals surface area contributed by atoms with Gasteiger partial charge in [0.25, 0.3) is 5.91 Å². The van der Waals surface area contributed by atoms with E-state index in [0.717, 1.165) is 24.0 Å². The SMILES string of the molecule is CCCCN1C(=O)NC(=Cc2ccc(C)cc2)C1=O. The molecule has 100 valence electrons. The Hall–Kier alpha value is -2.10. The summed E-state index contributed by atoms with van der Waals surface area (Å²) in [5, 5.41) is 2.62. The largest absolute Gasteiger partial charge is 0.329 e. The Bertz CT molecular complexity index is 517. The van der Waals surface area contributed by atoms with E-state index >= 15 is 0 Å². The third-order valence-corrected chi connectivity index (χ3v) is 3.09. The molecule has 0 bridgehead atoms. The molecule has 0 aromatic heterocycles. The van der Waals surface area contributed by atoms with Crippen molar-refractivity contribution in [2.45, 2.75) is 26.7 Å². The van der Waals surface area contributed by atoms with Crippen LogP contribution >= 0.6 is 0 Å². The zero-order valence-corrected chi connectivity index (χ0v) is 11.3. The maximum absolute atomic E-state index is 12.1. The van der Waals surface area contributed by atoms with Crippen molar-refractivity contribution in [2.75, 3.05) is 6.54 Å². The minimum Gasteiger partial charge on any atom is -0.303 e. The molecule has 0 aliphatic carbocycles. The fraction of sp³-hybridized carbons (Fsp3) is 0.333. The van der Waals surface area contributed by atoms with Crippen LogP contribution in [0.3, 0.4) is 0 Å². The van der Waals surface area contributed by atoms with E-state index < -0.39 is 0 Å². The molecule has 1 aromatic carbocycles. The summed E-state index contributed by atoms with van der Waals surface area (Å²) in [7, 11) is 0. The van der Waals surface area contributed by atoms with Crippen molar-refractivity contribution >= 4 is 18.0 Å². The fourth-order valence-corrected chi connectivity index (χ4v) is 1.92. The van der Waals surface area contributed by atoms with Crippen molar-refractivity contribution in [3.05, 3.63) is 41.1 Å². The summed E-state index contributed by atoms with van der Waals surface area (Å²) < 4.78 is 0. The Kier molecular flexibility index (Phi) is 4.00. The Labute approximate surface area is 113 Å². The van der Waals surface area contributed by atoms with Crippen LogP contribution in [0.2, 0.25) is 0 Å². The van der Waals surface area contributed by atoms with Crippen molar-refractivity contribution in [1.29, 1.82) is 0 Å². The number of amides is 3. The second-order valence-corrected chi connectivity index (χ2v) is 4.71. The molecule has 1 saturated heterocycles. The molecule has 1 aliphatic rings. The maximum atomic E-state index is 12.1. The first kappa shape index (κ1) is 13.3. The number of aryl methyl sites for hydroxylation is 1. The number of carbonyl (C=O) groups excluding carboxylic acids is 2. The number of hydrogen-bond acceptors (Lipinski definition) is 2. The van der Waals surface area contributed by atoms with E-state index in [1.165, 1.54) is 4.90 Å². The van der Waals surface area contributed by atoms with Crippen LogP contribution in [0.5, 0.6) is 0 Å². The third kappa shape index (κ3) is 3.02. The summed E-state index contributed by atoms with van der Waals surface area (Å²) in [5.74, 6) is -0.237. The molecule has 0 atom stereocenters. The van der Waals surface area contributed by atoms with E-state index in [4.69, 9.17) is 0 Å². The fourth-order valence-electron chi connectivity index (χ4n) is 1.92. The zero-order chi connectivity index (χ0) is 13.8. The highest BCUT2D eigenvalue weighted by molar-refractivity contribution is 6.13. The van der Waals surface area contributed by atoms with E-state index in [9.17, 15) is 9.59 Å². The Morgan fingerprint density at radius 3 is 2.53 bits per heavy atom. The molecular weight excluding hydrogens is 240 g/mol. The molecule has 1 fully saturated rings. The lowest BCUT2D eigenvalue weighted by Gasteiger charge is -2.09. The van der Waals surface area contributed by atoms with Crippen LogP contribution in [0, 0.1) is 6.92 Å². The van der Waals surface area contributed by atoms with Crippen LogP contribution in [0.4, 0.5) is 4.79 Å². The van der Waals surface area contributed by atoms with E-state index in [-0.39, 0.29) is 11.9 Å². The molecule has 0 radical (unpaired) electrons. The summed E-state index contributed by atoms with van der Waals surface area (Å²) >= 11 is 0. The van der Waals surface area contributed by atoms with Gasteiger partial charge in [-0.2, -0.15) is 0 Å². The third-order valence-electron chi connectivity index (χ3n) is 3.09. The summed E-state index contributed by atoms with van der Waals surface area (Å²) in [5.41, 5.74) is 2.42. The van der Waals surface area contributed by atoms with Gasteiger partial charge in [0.2, 0.25) is 0 Å². The van der Waals surface area contributed by atoms with Crippen molar-refractivity contribution in [2.24, 2.45) is 0 Å². The van der Waals surface area contributed by atoms with Gasteiger partial charge in [-0.25, -0.2) is 4.79 Å². The first-order valence-corrected chi connectivity index (χ1v) is 6.53. The first-order chi connectivity index (χ1) is 9.11. The molecular formula is C15H18N2O2. The van der Waals surface area contributed by atoms with Gasteiger partial charge in [0.15, 0.2) is 0 Å². The normalized spacial score (nSPS) is 17.2. The minimum atomic E-state index is -0.322. The van der Waals surface area contributed by atoms with Gasteiger partial charge < -0.3 is 5.32 Å². The number of urea groups is 1. The van der Waals surface area contributed by atoms with E-state index in [1.54, 1.807) is 6.08 Å². The summed E-state index contributed by atoms with van der Waals surface area (Å²) in [4.78, 5) is 25.0. The average molecular weight is 258 g/mol. The van der Waals surface area contributed by atoms with Gasteiger partial charge in [-0.3, -0.25) is 9.69 Å². The molecule has 2 rings (SSSR count). The second kappa shape index (κ2) is 5.69. The minimum absolute atomic E-state index is 0.237. The maximum Gasteiger partial charge on any atom is 0.329 e. The van der Waals surface area contributed by atoms with Gasteiger partial charge >= 0.3 is 6.03 Å². The van der Waals surface area contributed by atoms with E-state index in [1.807, 2.05) is 38.1 Å². The average Bonchev–Trinajstić information content (AvgIpc) is 2.65. The second-order valence-electron chi connectivity index (χ2n) is 4.71. The molecule has 0 unspecified atom stereocenters. The zero-order valence-electron chi connectivity index (χ0n) is 11.3. The lowest BCUT2D eigenvalue weighted by molar-refractivity contribution is -0.122. The first-order valence-electron chi connectivity index (χ1n) is 6.53. The Morgan fingerprint density at radius 2 is 1.89 bits per heavy atom. The van der Waals surface area contributed by atoms with E-state index in [2.05, 4.69) is 5.32 Å². The monoisotopic (exact) mass is 258 g/mol. The molecule has 3 amide bonds. The van der Waals surface area contributed by atoms with Crippen LogP contribution in [0.25, 0.3) is 6.08 Å². The van der Waals surface area contributed by atoms with Crippen LogP contribution in [-0.2, 0) is 4.79 Å². The highest BCUT2D eigenvalue weighted by atomic mass is 16.2. The predicted molar refractivity (Wildman–Crippen MR) is 74.3 cm³/mol. The lowest BCUT2D eigenvalue weighted by atomic mass is 10.1. The Balaban J connectivity index is 2.16. The molecule has 1 heterocycles. The summed E-state index contributed by atoms with van der Waals surface area (Å²) in [6, 6.07) is 7.48. The Morgan fingerprint density at radius 1 is 1.21 bits per heavy atom. The van der Waals surface area contributed by atoms with Crippen molar-refractivity contribution < 1.29 is 9.59 Å². The van der Waals surface area contributed by atoms with Gasteiger partial charge in [-0.15, -0.1) is 0 Å². The molecule has 19 heavy (non-hydrogen) atoms. The van der Waals surface area contributed by atoms with Crippen LogP contribution in [-0.4, -0.2) is 23.4 Å².